The molecule has 0 saturated carbocycles. The molecule has 15 heavy (non-hydrogen) atoms. The van der Waals surface area contributed by atoms with Crippen LogP contribution in [0, 0.1) is 5.92 Å². The molecule has 0 aromatic heterocycles. The maximum atomic E-state index is 11.6. The highest BCUT2D eigenvalue weighted by atomic mass is 16.5. The summed E-state index contributed by atoms with van der Waals surface area (Å²) in [7, 11) is 3.71. The predicted octanol–water partition coefficient (Wildman–Crippen LogP) is 0.559. The van der Waals surface area contributed by atoms with Crippen molar-refractivity contribution in [2.75, 3.05) is 40.5 Å². The summed E-state index contributed by atoms with van der Waals surface area (Å²) in [4.78, 5) is 13.7. The zero-order valence-electron chi connectivity index (χ0n) is 9.86. The number of carbonyl (C=O) groups is 1. The predicted molar refractivity (Wildman–Crippen MR) is 57.9 cm³/mol. The second-order valence-electron chi connectivity index (χ2n) is 4.23. The maximum Gasteiger partial charge on any atom is 0.141 e. The van der Waals surface area contributed by atoms with Gasteiger partial charge in [-0.3, -0.25) is 4.79 Å². The largest absolute Gasteiger partial charge is 0.383 e. The van der Waals surface area contributed by atoms with Crippen LogP contribution in [0.25, 0.3) is 0 Å². The maximum absolute atomic E-state index is 11.6. The number of Topliss-reactive ketones (excluding diaryl/α,β-unsaturated/α-hetero) is 1. The molecule has 0 aliphatic carbocycles. The Kier molecular flexibility index (Phi) is 5.22. The van der Waals surface area contributed by atoms with Crippen molar-refractivity contribution in [3.63, 3.8) is 0 Å². The first kappa shape index (κ1) is 12.6. The first-order valence-corrected chi connectivity index (χ1v) is 5.44. The van der Waals surface area contributed by atoms with E-state index < -0.39 is 0 Å². The lowest BCUT2D eigenvalue weighted by Crippen LogP contribution is -2.41. The van der Waals surface area contributed by atoms with Gasteiger partial charge in [-0.15, -0.1) is 0 Å². The van der Waals surface area contributed by atoms with Crippen molar-refractivity contribution >= 4 is 5.78 Å². The summed E-state index contributed by atoms with van der Waals surface area (Å²) in [6, 6.07) is 0.338. The lowest BCUT2D eigenvalue weighted by atomic mass is 10.00. The number of hydrogen-bond acceptors (Lipinski definition) is 4. The van der Waals surface area contributed by atoms with E-state index >= 15 is 0 Å². The van der Waals surface area contributed by atoms with Crippen molar-refractivity contribution in [3.05, 3.63) is 0 Å². The molecule has 2 unspecified atom stereocenters. The Hall–Kier alpha value is -0.450. The number of methoxy groups -OCH3 is 1. The normalized spacial score (nSPS) is 24.5. The second kappa shape index (κ2) is 6.20. The lowest BCUT2D eigenvalue weighted by molar-refractivity contribution is -0.131. The Morgan fingerprint density at radius 2 is 2.40 bits per heavy atom. The molecule has 1 aliphatic rings. The Balaban J connectivity index is 2.35. The number of rotatable bonds is 5. The molecule has 1 saturated heterocycles. The van der Waals surface area contributed by atoms with Crippen LogP contribution < -0.4 is 0 Å². The third kappa shape index (κ3) is 3.89. The lowest BCUT2D eigenvalue weighted by Gasteiger charge is -2.29. The van der Waals surface area contributed by atoms with Crippen LogP contribution in [0.15, 0.2) is 0 Å². The highest BCUT2D eigenvalue weighted by Crippen LogP contribution is 2.12. The van der Waals surface area contributed by atoms with Gasteiger partial charge in [-0.25, -0.2) is 0 Å². The SMILES string of the molecule is COCC(C)N(C)CC1COCCC1=O. The van der Waals surface area contributed by atoms with E-state index in [2.05, 4.69) is 11.8 Å². The molecule has 1 rings (SSSR count). The number of nitrogens with zero attached hydrogens (tertiary/aromatic N) is 1. The number of ketones is 1. The van der Waals surface area contributed by atoms with Crippen molar-refractivity contribution in [1.29, 1.82) is 0 Å². The van der Waals surface area contributed by atoms with E-state index in [9.17, 15) is 4.79 Å². The molecule has 88 valence electrons. The van der Waals surface area contributed by atoms with Crippen LogP contribution in [-0.4, -0.2) is 57.2 Å². The molecule has 0 amide bonds. The first-order chi connectivity index (χ1) is 7.15. The highest BCUT2D eigenvalue weighted by Gasteiger charge is 2.25. The molecule has 0 aromatic rings. The smallest absolute Gasteiger partial charge is 0.141 e. The van der Waals surface area contributed by atoms with Gasteiger partial charge < -0.3 is 14.4 Å². The Morgan fingerprint density at radius 1 is 1.67 bits per heavy atom. The Morgan fingerprint density at radius 3 is 3.00 bits per heavy atom. The van der Waals surface area contributed by atoms with Crippen LogP contribution in [0.2, 0.25) is 0 Å². The van der Waals surface area contributed by atoms with E-state index in [-0.39, 0.29) is 5.92 Å². The molecule has 0 bridgehead atoms. The average Bonchev–Trinajstić information content (AvgIpc) is 2.21. The molecule has 4 nitrogen and oxygen atoms in total. The summed E-state index contributed by atoms with van der Waals surface area (Å²) in [5.41, 5.74) is 0. The van der Waals surface area contributed by atoms with Gasteiger partial charge in [0.1, 0.15) is 5.78 Å². The highest BCUT2D eigenvalue weighted by molar-refractivity contribution is 5.82. The molecule has 0 radical (unpaired) electrons. The Labute approximate surface area is 91.5 Å². The number of carbonyl (C=O) groups excluding carboxylic acids is 1. The van der Waals surface area contributed by atoms with Crippen molar-refractivity contribution in [2.24, 2.45) is 5.92 Å². The molecule has 1 aliphatic heterocycles. The summed E-state index contributed by atoms with van der Waals surface area (Å²) in [5.74, 6) is 0.376. The fraction of sp³-hybridized carbons (Fsp3) is 0.909. The van der Waals surface area contributed by atoms with Crippen molar-refractivity contribution < 1.29 is 14.3 Å². The van der Waals surface area contributed by atoms with E-state index in [4.69, 9.17) is 9.47 Å². The second-order valence-corrected chi connectivity index (χ2v) is 4.23. The van der Waals surface area contributed by atoms with Crippen LogP contribution in [0.4, 0.5) is 0 Å². The van der Waals surface area contributed by atoms with Crippen LogP contribution in [0.1, 0.15) is 13.3 Å². The molecule has 2 atom stereocenters. The van der Waals surface area contributed by atoms with Crippen LogP contribution >= 0.6 is 0 Å². The standard InChI is InChI=1S/C11H21NO3/c1-9(7-14-3)12(2)6-10-8-15-5-4-11(10)13/h9-10H,4-8H2,1-3H3. The quantitative estimate of drug-likeness (QED) is 0.671. The average molecular weight is 215 g/mol. The van der Waals surface area contributed by atoms with Crippen molar-refractivity contribution in [1.82, 2.24) is 4.90 Å². The number of likely N-dealkylation sites (N-methyl/N-ethyl adjacent to an activating group) is 1. The zero-order valence-corrected chi connectivity index (χ0v) is 9.86. The van der Waals surface area contributed by atoms with Gasteiger partial charge in [0.25, 0.3) is 0 Å². The van der Waals surface area contributed by atoms with Crippen LogP contribution in [-0.2, 0) is 14.3 Å². The molecule has 1 heterocycles. The molecule has 1 fully saturated rings. The van der Waals surface area contributed by atoms with E-state index in [0.29, 0.717) is 38.1 Å². The summed E-state index contributed by atoms with van der Waals surface area (Å²) in [5, 5.41) is 0. The van der Waals surface area contributed by atoms with E-state index in [0.717, 1.165) is 6.54 Å². The van der Waals surface area contributed by atoms with Gasteiger partial charge in [-0.2, -0.15) is 0 Å². The number of ether oxygens (including phenoxy) is 2. The summed E-state index contributed by atoms with van der Waals surface area (Å²) in [6.45, 7) is 4.72. The summed E-state index contributed by atoms with van der Waals surface area (Å²) in [6.07, 6.45) is 0.567. The third-order valence-corrected chi connectivity index (χ3v) is 2.94. The minimum Gasteiger partial charge on any atom is -0.383 e. The van der Waals surface area contributed by atoms with E-state index in [1.54, 1.807) is 7.11 Å². The topological polar surface area (TPSA) is 38.8 Å². The third-order valence-electron chi connectivity index (χ3n) is 2.94. The van der Waals surface area contributed by atoms with Crippen LogP contribution in [0.5, 0.6) is 0 Å². The van der Waals surface area contributed by atoms with Gasteiger partial charge in [0.05, 0.1) is 25.7 Å². The van der Waals surface area contributed by atoms with E-state index in [1.165, 1.54) is 0 Å². The Bertz CT molecular complexity index is 208. The number of hydrogen-bond donors (Lipinski definition) is 0. The van der Waals surface area contributed by atoms with Gasteiger partial charge in [-0.05, 0) is 14.0 Å². The fourth-order valence-corrected chi connectivity index (χ4v) is 1.75. The molecule has 0 aromatic carbocycles. The molecular weight excluding hydrogens is 194 g/mol. The van der Waals surface area contributed by atoms with E-state index in [1.807, 2.05) is 7.05 Å². The molecular formula is C11H21NO3. The zero-order chi connectivity index (χ0) is 11.3. The molecule has 0 N–H and O–H groups in total. The fourth-order valence-electron chi connectivity index (χ4n) is 1.75. The minimum atomic E-state index is 0.0445. The van der Waals surface area contributed by atoms with Crippen LogP contribution in [0.3, 0.4) is 0 Å². The molecule has 0 spiro atoms. The van der Waals surface area contributed by atoms with Crippen molar-refractivity contribution in [3.8, 4) is 0 Å². The van der Waals surface area contributed by atoms with Gasteiger partial charge in [-0.1, -0.05) is 0 Å². The summed E-state index contributed by atoms with van der Waals surface area (Å²) >= 11 is 0. The summed E-state index contributed by atoms with van der Waals surface area (Å²) < 4.78 is 10.4. The van der Waals surface area contributed by atoms with Gasteiger partial charge in [0.15, 0.2) is 0 Å². The van der Waals surface area contributed by atoms with Gasteiger partial charge in [0.2, 0.25) is 0 Å². The van der Waals surface area contributed by atoms with Gasteiger partial charge >= 0.3 is 0 Å². The molecule has 4 heteroatoms. The first-order valence-electron chi connectivity index (χ1n) is 5.44. The minimum absolute atomic E-state index is 0.0445. The monoisotopic (exact) mass is 215 g/mol. The van der Waals surface area contributed by atoms with Gasteiger partial charge in [0, 0.05) is 26.1 Å². The van der Waals surface area contributed by atoms with Crippen molar-refractivity contribution in [2.45, 2.75) is 19.4 Å².